The third-order valence-corrected chi connectivity index (χ3v) is 10.2. The fraction of sp³-hybridized carbons (Fsp3) is 0.391. The molecule has 0 nitrogen and oxygen atoms in total. The predicted molar refractivity (Wildman–Crippen MR) is 109 cm³/mol. The maximum atomic E-state index is 2.48. The first-order chi connectivity index (χ1) is 11.5. The van der Waals surface area contributed by atoms with Crippen LogP contribution in [0, 0.1) is 11.8 Å². The summed E-state index contributed by atoms with van der Waals surface area (Å²) >= 11 is 0. The molecule has 0 saturated heterocycles. The first-order valence-corrected chi connectivity index (χ1v) is 10.5. The van der Waals surface area contributed by atoms with Gasteiger partial charge < -0.3 is 0 Å². The van der Waals surface area contributed by atoms with Gasteiger partial charge >= 0.3 is 0 Å². The molecule has 126 valence electrons. The number of allylic oxidation sites excluding steroid dienone is 8. The van der Waals surface area contributed by atoms with Crippen LogP contribution in [-0.2, 0) is 6.16 Å². The van der Waals surface area contributed by atoms with E-state index < -0.39 is 0 Å². The Morgan fingerprint density at radius 2 is 1.29 bits per heavy atom. The van der Waals surface area contributed by atoms with Gasteiger partial charge in [0.2, 0.25) is 0 Å². The summed E-state index contributed by atoms with van der Waals surface area (Å²) in [6.07, 6.45) is 19.9. The molecular weight excluding hydrogens is 307 g/mol. The van der Waals surface area contributed by atoms with Gasteiger partial charge in [-0.1, -0.05) is 115 Å². The molecule has 0 radical (unpaired) electrons. The van der Waals surface area contributed by atoms with Gasteiger partial charge in [-0.25, -0.2) is 0 Å². The van der Waals surface area contributed by atoms with Crippen LogP contribution in [0.15, 0.2) is 78.9 Å². The number of hydrogen-bond donors (Lipinski definition) is 0. The smallest absolute Gasteiger partial charge is 0.0130 e. The molecule has 0 amide bonds. The maximum absolute atomic E-state index is 2.48. The summed E-state index contributed by atoms with van der Waals surface area (Å²) in [6, 6.07) is 11.1. The Kier molecular flexibility index (Phi) is 4.97. The Morgan fingerprint density at radius 1 is 0.792 bits per heavy atom. The van der Waals surface area contributed by atoms with Crippen LogP contribution in [0.3, 0.4) is 0 Å². The number of rotatable bonds is 4. The highest BCUT2D eigenvalue weighted by molar-refractivity contribution is 7.60. The van der Waals surface area contributed by atoms with Crippen LogP contribution in [0.1, 0.15) is 33.3 Å². The Labute approximate surface area is 148 Å². The van der Waals surface area contributed by atoms with Crippen molar-refractivity contribution in [3.8, 4) is 0 Å². The molecule has 0 bridgehead atoms. The van der Waals surface area contributed by atoms with E-state index in [9.17, 15) is 0 Å². The van der Waals surface area contributed by atoms with Gasteiger partial charge in [0, 0.05) is 10.3 Å². The van der Waals surface area contributed by atoms with Crippen LogP contribution in [-0.4, -0.2) is 10.3 Å². The molecule has 0 N–H and O–H groups in total. The fourth-order valence-corrected chi connectivity index (χ4v) is 7.94. The molecule has 0 heterocycles. The second-order valence-corrected chi connectivity index (χ2v) is 10.7. The summed E-state index contributed by atoms with van der Waals surface area (Å²) in [5, 5.41) is 0.441. The number of hydrogen-bond acceptors (Lipinski definition) is 0. The highest BCUT2D eigenvalue weighted by Crippen LogP contribution is 2.68. The minimum Gasteiger partial charge on any atom is -0.0810 e. The molecule has 1 aromatic rings. The van der Waals surface area contributed by atoms with Gasteiger partial charge in [-0.2, -0.15) is 0 Å². The highest BCUT2D eigenvalue weighted by atomic mass is 31.1. The van der Waals surface area contributed by atoms with Gasteiger partial charge in [0.25, 0.3) is 0 Å². The second kappa shape index (κ2) is 6.85. The topological polar surface area (TPSA) is 0 Å². The normalized spacial score (nSPS) is 36.0. The minimum atomic E-state index is -0.292. The van der Waals surface area contributed by atoms with Crippen molar-refractivity contribution in [3.05, 3.63) is 84.5 Å². The molecule has 0 spiro atoms. The van der Waals surface area contributed by atoms with Crippen molar-refractivity contribution in [1.82, 2.24) is 0 Å². The van der Waals surface area contributed by atoms with Crippen molar-refractivity contribution >= 4 is 7.92 Å². The van der Waals surface area contributed by atoms with E-state index >= 15 is 0 Å². The van der Waals surface area contributed by atoms with Gasteiger partial charge in [0.1, 0.15) is 0 Å². The lowest BCUT2D eigenvalue weighted by atomic mass is 9.89. The lowest BCUT2D eigenvalue weighted by molar-refractivity contribution is 0.534. The van der Waals surface area contributed by atoms with Crippen molar-refractivity contribution in [1.29, 1.82) is 0 Å². The summed E-state index contributed by atoms with van der Waals surface area (Å²) < 4.78 is 0. The van der Waals surface area contributed by atoms with E-state index in [1.807, 2.05) is 0 Å². The molecule has 2 aliphatic rings. The van der Waals surface area contributed by atoms with E-state index in [2.05, 4.69) is 107 Å². The lowest BCUT2D eigenvalue weighted by Gasteiger charge is -2.52. The SMILES string of the molecule is CC1C=CC=CC1(C)P(Cc1ccccc1)C1(C)C=CC=CC1C. The molecular formula is C23H29P. The van der Waals surface area contributed by atoms with E-state index in [4.69, 9.17) is 0 Å². The molecule has 1 heteroatoms. The Bertz CT molecular complexity index is 641. The van der Waals surface area contributed by atoms with Crippen LogP contribution in [0.2, 0.25) is 0 Å². The lowest BCUT2D eigenvalue weighted by Crippen LogP contribution is -2.41. The standard InChI is InChI=1S/C23H29P/c1-19-12-8-10-16-22(19,3)24(18-21-14-6-5-7-15-21)23(4)17-11-9-13-20(23)2/h5-17,19-20H,18H2,1-4H3. The predicted octanol–water partition coefficient (Wildman–Crippen LogP) is 6.71. The van der Waals surface area contributed by atoms with Crippen LogP contribution in [0.4, 0.5) is 0 Å². The first-order valence-electron chi connectivity index (χ1n) is 9.00. The quantitative estimate of drug-likeness (QED) is 0.536. The molecule has 0 aromatic heterocycles. The average molecular weight is 336 g/mol. The van der Waals surface area contributed by atoms with Crippen molar-refractivity contribution in [2.45, 2.75) is 44.2 Å². The zero-order valence-corrected chi connectivity index (χ0v) is 16.2. The van der Waals surface area contributed by atoms with Crippen molar-refractivity contribution in [3.63, 3.8) is 0 Å². The number of benzene rings is 1. The summed E-state index contributed by atoms with van der Waals surface area (Å²) in [6.45, 7) is 9.74. The molecule has 0 aliphatic heterocycles. The largest absolute Gasteiger partial charge is 0.0810 e. The monoisotopic (exact) mass is 336 g/mol. The summed E-state index contributed by atoms with van der Waals surface area (Å²) in [4.78, 5) is 0. The molecule has 4 unspecified atom stereocenters. The van der Waals surface area contributed by atoms with E-state index in [0.717, 1.165) is 0 Å². The summed E-state index contributed by atoms with van der Waals surface area (Å²) in [5.74, 6) is 1.14. The summed E-state index contributed by atoms with van der Waals surface area (Å²) in [7, 11) is -0.292. The Morgan fingerprint density at radius 3 is 1.75 bits per heavy atom. The maximum Gasteiger partial charge on any atom is 0.0130 e. The van der Waals surface area contributed by atoms with Crippen molar-refractivity contribution < 1.29 is 0 Å². The van der Waals surface area contributed by atoms with Crippen LogP contribution in [0.25, 0.3) is 0 Å². The average Bonchev–Trinajstić information content (AvgIpc) is 2.59. The van der Waals surface area contributed by atoms with E-state index in [1.165, 1.54) is 11.7 Å². The second-order valence-electron chi connectivity index (χ2n) is 7.59. The third kappa shape index (κ3) is 3.09. The van der Waals surface area contributed by atoms with Gasteiger partial charge in [0.15, 0.2) is 0 Å². The van der Waals surface area contributed by atoms with Gasteiger partial charge in [-0.05, 0) is 23.6 Å². The molecule has 0 fully saturated rings. The van der Waals surface area contributed by atoms with Crippen LogP contribution < -0.4 is 0 Å². The van der Waals surface area contributed by atoms with Gasteiger partial charge in [-0.15, -0.1) is 0 Å². The van der Waals surface area contributed by atoms with Crippen molar-refractivity contribution in [2.24, 2.45) is 11.8 Å². The van der Waals surface area contributed by atoms with Gasteiger partial charge in [-0.3, -0.25) is 0 Å². The van der Waals surface area contributed by atoms with Crippen molar-refractivity contribution in [2.75, 3.05) is 0 Å². The van der Waals surface area contributed by atoms with Crippen LogP contribution >= 0.6 is 7.92 Å². The zero-order valence-electron chi connectivity index (χ0n) is 15.3. The highest BCUT2D eigenvalue weighted by Gasteiger charge is 2.47. The van der Waals surface area contributed by atoms with Crippen LogP contribution in [0.5, 0.6) is 0 Å². The fourth-order valence-electron chi connectivity index (χ4n) is 3.95. The molecule has 1 aromatic carbocycles. The Balaban J connectivity index is 2.04. The van der Waals surface area contributed by atoms with E-state index in [1.54, 1.807) is 0 Å². The van der Waals surface area contributed by atoms with E-state index in [-0.39, 0.29) is 18.2 Å². The first kappa shape index (κ1) is 17.4. The molecule has 24 heavy (non-hydrogen) atoms. The Hall–Kier alpha value is -1.39. The van der Waals surface area contributed by atoms with Gasteiger partial charge in [0.05, 0.1) is 0 Å². The molecule has 4 atom stereocenters. The zero-order chi connectivity index (χ0) is 17.2. The minimum absolute atomic E-state index is 0.221. The molecule has 3 rings (SSSR count). The summed E-state index contributed by atoms with van der Waals surface area (Å²) in [5.41, 5.74) is 1.47. The molecule has 2 aliphatic carbocycles. The third-order valence-electron chi connectivity index (χ3n) is 6.08. The molecule has 0 saturated carbocycles. The van der Waals surface area contributed by atoms with E-state index in [0.29, 0.717) is 11.8 Å².